The number of cyclic esters (lactones) is 1. The van der Waals surface area contributed by atoms with Crippen LogP contribution >= 0.6 is 23.2 Å². The molecule has 2 aromatic rings. The predicted molar refractivity (Wildman–Crippen MR) is 81.3 cm³/mol. The first-order valence-corrected chi connectivity index (χ1v) is 6.77. The van der Waals surface area contributed by atoms with Gasteiger partial charge in [0, 0.05) is 28.0 Å². The summed E-state index contributed by atoms with van der Waals surface area (Å²) in [5, 5.41) is 0.965. The number of aromatic nitrogens is 1. The van der Waals surface area contributed by atoms with Crippen molar-refractivity contribution in [2.75, 3.05) is 0 Å². The molecular weight excluding hydrogens is 311 g/mol. The molecule has 6 heteroatoms. The van der Waals surface area contributed by atoms with Crippen molar-refractivity contribution in [1.29, 1.82) is 0 Å². The van der Waals surface area contributed by atoms with E-state index in [1.165, 1.54) is 0 Å². The number of rotatable bonds is 2. The Kier molecular flexibility index (Phi) is 3.73. The topological polar surface area (TPSA) is 51.5 Å². The number of halogens is 2. The molecule has 0 saturated heterocycles. The normalized spacial score (nSPS) is 16.0. The molecule has 0 fully saturated rings. The molecule has 4 nitrogen and oxygen atoms in total. The van der Waals surface area contributed by atoms with Crippen LogP contribution in [-0.4, -0.2) is 16.9 Å². The second-order valence-electron chi connectivity index (χ2n) is 4.24. The van der Waals surface area contributed by atoms with Crippen LogP contribution in [0.15, 0.2) is 53.4 Å². The zero-order valence-electron chi connectivity index (χ0n) is 10.6. The average molecular weight is 319 g/mol. The second-order valence-corrected chi connectivity index (χ2v) is 5.08. The fraction of sp³-hybridized carbons (Fsp3) is 0. The summed E-state index contributed by atoms with van der Waals surface area (Å²) < 4.78 is 5.14. The van der Waals surface area contributed by atoms with E-state index < -0.39 is 5.97 Å². The van der Waals surface area contributed by atoms with Crippen molar-refractivity contribution >= 4 is 41.1 Å². The van der Waals surface area contributed by atoms with Gasteiger partial charge in [-0.2, -0.15) is 0 Å². The SMILES string of the molecule is O=C1OC(c2ccncc2)=N/C1=C\c1ccc(Cl)cc1Cl. The maximum absolute atomic E-state index is 11.9. The summed E-state index contributed by atoms with van der Waals surface area (Å²) in [6.45, 7) is 0. The highest BCUT2D eigenvalue weighted by molar-refractivity contribution is 6.35. The number of esters is 1. The summed E-state index contributed by atoms with van der Waals surface area (Å²) in [7, 11) is 0. The van der Waals surface area contributed by atoms with Crippen molar-refractivity contribution in [3.05, 3.63) is 69.6 Å². The average Bonchev–Trinajstić information content (AvgIpc) is 2.84. The van der Waals surface area contributed by atoms with Crippen molar-refractivity contribution in [1.82, 2.24) is 4.98 Å². The van der Waals surface area contributed by atoms with E-state index in [1.54, 1.807) is 48.8 Å². The minimum Gasteiger partial charge on any atom is -0.402 e. The molecule has 0 unspecified atom stereocenters. The third kappa shape index (κ3) is 2.96. The first-order chi connectivity index (χ1) is 10.1. The summed E-state index contributed by atoms with van der Waals surface area (Å²) in [5.41, 5.74) is 1.52. The Balaban J connectivity index is 1.97. The van der Waals surface area contributed by atoms with Crippen molar-refractivity contribution in [2.45, 2.75) is 0 Å². The second kappa shape index (κ2) is 5.68. The van der Waals surface area contributed by atoms with Crippen LogP contribution in [0.1, 0.15) is 11.1 Å². The summed E-state index contributed by atoms with van der Waals surface area (Å²) in [5.74, 6) is -0.272. The van der Waals surface area contributed by atoms with Crippen molar-refractivity contribution in [3.63, 3.8) is 0 Å². The quantitative estimate of drug-likeness (QED) is 0.626. The molecule has 0 atom stereocenters. The number of nitrogens with zero attached hydrogens (tertiary/aromatic N) is 2. The third-order valence-electron chi connectivity index (χ3n) is 2.80. The van der Waals surface area contributed by atoms with Crippen LogP contribution in [0.5, 0.6) is 0 Å². The molecule has 0 N–H and O–H groups in total. The van der Waals surface area contributed by atoms with Crippen LogP contribution in [0.4, 0.5) is 0 Å². The lowest BCUT2D eigenvalue weighted by Gasteiger charge is -1.98. The van der Waals surface area contributed by atoms with E-state index in [1.807, 2.05) is 0 Å². The fourth-order valence-corrected chi connectivity index (χ4v) is 2.26. The monoisotopic (exact) mass is 318 g/mol. The molecule has 1 aliphatic rings. The minimum atomic E-state index is -0.521. The van der Waals surface area contributed by atoms with Crippen LogP contribution in [0.3, 0.4) is 0 Å². The van der Waals surface area contributed by atoms with Gasteiger partial charge in [0.25, 0.3) is 0 Å². The smallest absolute Gasteiger partial charge is 0.363 e. The van der Waals surface area contributed by atoms with Crippen LogP contribution in [0.2, 0.25) is 10.0 Å². The number of carbonyl (C=O) groups excluding carboxylic acids is 1. The molecule has 3 rings (SSSR count). The van der Waals surface area contributed by atoms with Crippen LogP contribution in [0.25, 0.3) is 6.08 Å². The van der Waals surface area contributed by atoms with Crippen molar-refractivity contribution < 1.29 is 9.53 Å². The van der Waals surface area contributed by atoms with Gasteiger partial charge < -0.3 is 4.74 Å². The van der Waals surface area contributed by atoms with Crippen molar-refractivity contribution in [2.24, 2.45) is 4.99 Å². The van der Waals surface area contributed by atoms with Gasteiger partial charge in [-0.15, -0.1) is 0 Å². The molecule has 1 aromatic carbocycles. The largest absolute Gasteiger partial charge is 0.402 e. The van der Waals surface area contributed by atoms with Gasteiger partial charge in [0.15, 0.2) is 5.70 Å². The van der Waals surface area contributed by atoms with E-state index in [-0.39, 0.29) is 11.6 Å². The van der Waals surface area contributed by atoms with Crippen LogP contribution in [-0.2, 0) is 9.53 Å². The number of carbonyl (C=O) groups is 1. The predicted octanol–water partition coefficient (Wildman–Crippen LogP) is 3.73. The molecular formula is C15H8Cl2N2O2. The molecule has 2 heterocycles. The van der Waals surface area contributed by atoms with E-state index in [0.29, 0.717) is 21.2 Å². The van der Waals surface area contributed by atoms with Gasteiger partial charge >= 0.3 is 5.97 Å². The molecule has 0 bridgehead atoms. The summed E-state index contributed by atoms with van der Waals surface area (Å²) in [6.07, 6.45) is 4.77. The Morgan fingerprint density at radius 1 is 1.10 bits per heavy atom. The first-order valence-electron chi connectivity index (χ1n) is 6.01. The number of hydrogen-bond acceptors (Lipinski definition) is 4. The lowest BCUT2D eigenvalue weighted by molar-refractivity contribution is -0.129. The third-order valence-corrected chi connectivity index (χ3v) is 3.36. The van der Waals surface area contributed by atoms with Gasteiger partial charge in [0.05, 0.1) is 0 Å². The van der Waals surface area contributed by atoms with Gasteiger partial charge in [-0.1, -0.05) is 29.3 Å². The number of benzene rings is 1. The van der Waals surface area contributed by atoms with Gasteiger partial charge in [-0.25, -0.2) is 9.79 Å². The molecule has 104 valence electrons. The van der Waals surface area contributed by atoms with Gasteiger partial charge in [-0.05, 0) is 35.9 Å². The molecule has 0 aliphatic carbocycles. The molecule has 1 aliphatic heterocycles. The summed E-state index contributed by atoms with van der Waals surface area (Å²) >= 11 is 11.9. The van der Waals surface area contributed by atoms with E-state index >= 15 is 0 Å². The standard InChI is InChI=1S/C15H8Cl2N2O2/c16-11-2-1-10(12(17)8-11)7-13-15(20)21-14(19-13)9-3-5-18-6-4-9/h1-8H/b13-7-. The minimum absolute atomic E-state index is 0.186. The molecule has 21 heavy (non-hydrogen) atoms. The zero-order valence-corrected chi connectivity index (χ0v) is 12.1. The van der Waals surface area contributed by atoms with Gasteiger partial charge in [0.2, 0.25) is 5.90 Å². The van der Waals surface area contributed by atoms with Gasteiger partial charge in [-0.3, -0.25) is 4.98 Å². The highest BCUT2D eigenvalue weighted by atomic mass is 35.5. The highest BCUT2D eigenvalue weighted by Crippen LogP contribution is 2.25. The summed E-state index contributed by atoms with van der Waals surface area (Å²) in [6, 6.07) is 8.43. The van der Waals surface area contributed by atoms with E-state index in [0.717, 1.165) is 0 Å². The van der Waals surface area contributed by atoms with E-state index in [9.17, 15) is 4.79 Å². The number of aliphatic imine (C=N–C) groups is 1. The Labute approximate surface area is 130 Å². The summed E-state index contributed by atoms with van der Waals surface area (Å²) in [4.78, 5) is 19.9. The first kappa shape index (κ1) is 13.8. The van der Waals surface area contributed by atoms with E-state index in [4.69, 9.17) is 27.9 Å². The lowest BCUT2D eigenvalue weighted by atomic mass is 10.2. The Hall–Kier alpha value is -2.17. The Bertz CT molecular complexity index is 770. The fourth-order valence-electron chi connectivity index (χ4n) is 1.79. The van der Waals surface area contributed by atoms with Crippen LogP contribution < -0.4 is 0 Å². The Morgan fingerprint density at radius 2 is 1.86 bits per heavy atom. The molecule has 0 spiro atoms. The number of hydrogen-bond donors (Lipinski definition) is 0. The Morgan fingerprint density at radius 3 is 2.57 bits per heavy atom. The molecule has 0 amide bonds. The molecule has 0 saturated carbocycles. The highest BCUT2D eigenvalue weighted by Gasteiger charge is 2.24. The molecule has 0 radical (unpaired) electrons. The van der Waals surface area contributed by atoms with E-state index in [2.05, 4.69) is 9.98 Å². The zero-order chi connectivity index (χ0) is 14.8. The van der Waals surface area contributed by atoms with Gasteiger partial charge in [0.1, 0.15) is 0 Å². The number of pyridine rings is 1. The maximum Gasteiger partial charge on any atom is 0.363 e. The van der Waals surface area contributed by atoms with Crippen LogP contribution in [0, 0.1) is 0 Å². The van der Waals surface area contributed by atoms with Crippen molar-refractivity contribution in [3.8, 4) is 0 Å². The number of ether oxygens (including phenoxy) is 1. The maximum atomic E-state index is 11.9. The lowest BCUT2D eigenvalue weighted by Crippen LogP contribution is -2.05. The molecule has 1 aromatic heterocycles.